The molecule has 1 aliphatic rings. The molecule has 0 amide bonds. The van der Waals surface area contributed by atoms with Gasteiger partial charge in [-0.2, -0.15) is 9.97 Å². The van der Waals surface area contributed by atoms with Gasteiger partial charge in [0.15, 0.2) is 4.83 Å². The summed E-state index contributed by atoms with van der Waals surface area (Å²) in [5.41, 5.74) is 1.93. The Labute approximate surface area is 150 Å². The van der Waals surface area contributed by atoms with Gasteiger partial charge in [0.2, 0.25) is 11.7 Å². The van der Waals surface area contributed by atoms with Crippen molar-refractivity contribution in [2.45, 2.75) is 6.10 Å². The fourth-order valence-electron chi connectivity index (χ4n) is 2.83. The highest BCUT2D eigenvalue weighted by atomic mass is 32.1. The van der Waals surface area contributed by atoms with Crippen LogP contribution in [-0.2, 0) is 0 Å². The molecule has 1 N–H and O–H groups in total. The Kier molecular flexibility index (Phi) is 3.27. The summed E-state index contributed by atoms with van der Waals surface area (Å²) in [6.45, 7) is 0. The minimum atomic E-state index is -1.14. The predicted octanol–water partition coefficient (Wildman–Crippen LogP) is 3.05. The van der Waals surface area contributed by atoms with Gasteiger partial charge in [0, 0.05) is 29.6 Å². The molecule has 1 unspecified atom stereocenters. The summed E-state index contributed by atoms with van der Waals surface area (Å²) in [4.78, 5) is 29.8. The standard InChI is InChI=1S/C18H10N4O3S/c23-14-10(15(24)13-12(14)19-6-7-20-13)8-11-21-18-16(25-11)22-17(26-18)9-4-2-1-3-5-9/h1-8,14,23H/b10-8-. The van der Waals surface area contributed by atoms with E-state index in [1.165, 1.54) is 29.8 Å². The van der Waals surface area contributed by atoms with Crippen molar-refractivity contribution in [1.82, 2.24) is 19.9 Å². The zero-order chi connectivity index (χ0) is 17.7. The molecule has 1 aromatic carbocycles. The molecule has 0 saturated carbocycles. The van der Waals surface area contributed by atoms with Gasteiger partial charge in [0.25, 0.3) is 5.71 Å². The highest BCUT2D eigenvalue weighted by molar-refractivity contribution is 7.21. The van der Waals surface area contributed by atoms with E-state index in [9.17, 15) is 9.90 Å². The van der Waals surface area contributed by atoms with Crippen LogP contribution in [0.3, 0.4) is 0 Å². The van der Waals surface area contributed by atoms with Gasteiger partial charge in [-0.05, 0) is 0 Å². The number of aromatic nitrogens is 4. The summed E-state index contributed by atoms with van der Waals surface area (Å²) >= 11 is 1.40. The lowest BCUT2D eigenvalue weighted by molar-refractivity contribution is 0.101. The van der Waals surface area contributed by atoms with Crippen LogP contribution in [0.2, 0.25) is 0 Å². The number of aliphatic hydroxyl groups is 1. The molecule has 0 aliphatic heterocycles. The number of hydrogen-bond donors (Lipinski definition) is 1. The number of nitrogens with zero attached hydrogens (tertiary/aromatic N) is 4. The Morgan fingerprint density at radius 1 is 1.12 bits per heavy atom. The lowest BCUT2D eigenvalue weighted by atomic mass is 10.1. The van der Waals surface area contributed by atoms with Gasteiger partial charge in [-0.3, -0.25) is 9.78 Å². The fraction of sp³-hybridized carbons (Fsp3) is 0.0556. The van der Waals surface area contributed by atoms with Crippen LogP contribution in [0.15, 0.2) is 52.7 Å². The monoisotopic (exact) mass is 362 g/mol. The maximum Gasteiger partial charge on any atom is 0.259 e. The second-order valence-corrected chi connectivity index (χ2v) is 6.65. The third kappa shape index (κ3) is 2.27. The number of thiazole rings is 1. The van der Waals surface area contributed by atoms with Crippen molar-refractivity contribution < 1.29 is 14.3 Å². The molecule has 8 heteroatoms. The number of ketones is 1. The summed E-state index contributed by atoms with van der Waals surface area (Å²) in [5, 5.41) is 11.1. The Morgan fingerprint density at radius 3 is 2.69 bits per heavy atom. The number of benzene rings is 1. The van der Waals surface area contributed by atoms with Gasteiger partial charge >= 0.3 is 0 Å². The number of rotatable bonds is 2. The van der Waals surface area contributed by atoms with Crippen molar-refractivity contribution in [3.63, 3.8) is 0 Å². The third-order valence-electron chi connectivity index (χ3n) is 4.05. The highest BCUT2D eigenvalue weighted by Crippen LogP contribution is 2.35. The topological polar surface area (TPSA) is 102 Å². The molecule has 26 heavy (non-hydrogen) atoms. The van der Waals surface area contributed by atoms with E-state index in [0.717, 1.165) is 10.6 Å². The SMILES string of the molecule is O=C1/C(=C\c2nc3sc(-c4ccccc4)nc3o2)C(O)c2nccnc21. The van der Waals surface area contributed by atoms with Crippen molar-refractivity contribution in [2.24, 2.45) is 0 Å². The van der Waals surface area contributed by atoms with Gasteiger partial charge in [-0.15, -0.1) is 0 Å². The number of carbonyl (C=O) groups is 1. The van der Waals surface area contributed by atoms with Gasteiger partial charge in [0.1, 0.15) is 22.5 Å². The molecule has 0 spiro atoms. The van der Waals surface area contributed by atoms with Crippen LogP contribution in [0.25, 0.3) is 27.2 Å². The molecule has 3 heterocycles. The zero-order valence-corrected chi connectivity index (χ0v) is 14.0. The lowest BCUT2D eigenvalue weighted by Crippen LogP contribution is -2.00. The molecule has 0 bridgehead atoms. The van der Waals surface area contributed by atoms with E-state index in [0.29, 0.717) is 10.5 Å². The molecule has 0 radical (unpaired) electrons. The molecule has 0 fully saturated rings. The molecule has 7 nitrogen and oxygen atoms in total. The molecular weight excluding hydrogens is 352 g/mol. The van der Waals surface area contributed by atoms with Crippen LogP contribution in [0.5, 0.6) is 0 Å². The third-order valence-corrected chi connectivity index (χ3v) is 5.03. The zero-order valence-electron chi connectivity index (χ0n) is 13.2. The minimum absolute atomic E-state index is 0.142. The van der Waals surface area contributed by atoms with Gasteiger partial charge in [0.05, 0.1) is 0 Å². The Bertz CT molecular complexity index is 1150. The average molecular weight is 362 g/mol. The van der Waals surface area contributed by atoms with Crippen molar-refractivity contribution >= 4 is 33.7 Å². The van der Waals surface area contributed by atoms with E-state index in [1.807, 2.05) is 30.3 Å². The minimum Gasteiger partial charge on any atom is -0.417 e. The number of oxazole rings is 1. The van der Waals surface area contributed by atoms with Crippen LogP contribution in [-0.4, -0.2) is 30.8 Å². The summed E-state index contributed by atoms with van der Waals surface area (Å²) in [6, 6.07) is 9.75. The Morgan fingerprint density at radius 2 is 1.92 bits per heavy atom. The maximum absolute atomic E-state index is 12.4. The Hall–Kier alpha value is -3.23. The molecular formula is C18H10N4O3S. The first-order valence-corrected chi connectivity index (χ1v) is 8.60. The van der Waals surface area contributed by atoms with Crippen LogP contribution in [0.1, 0.15) is 28.2 Å². The molecule has 1 atom stereocenters. The molecule has 5 rings (SSSR count). The lowest BCUT2D eigenvalue weighted by Gasteiger charge is -2.01. The van der Waals surface area contributed by atoms with E-state index in [-0.39, 0.29) is 28.6 Å². The summed E-state index contributed by atoms with van der Waals surface area (Å²) in [5.74, 6) is -0.159. The first-order valence-electron chi connectivity index (χ1n) is 7.79. The second kappa shape index (κ2) is 5.65. The smallest absolute Gasteiger partial charge is 0.259 e. The molecule has 3 aromatic heterocycles. The van der Waals surface area contributed by atoms with Crippen molar-refractivity contribution in [3.05, 3.63) is 65.6 Å². The number of aliphatic hydroxyl groups excluding tert-OH is 1. The molecule has 0 saturated heterocycles. The van der Waals surface area contributed by atoms with Gasteiger partial charge in [-0.25, -0.2) is 4.98 Å². The molecule has 4 aromatic rings. The maximum atomic E-state index is 12.4. The van der Waals surface area contributed by atoms with E-state index in [2.05, 4.69) is 19.9 Å². The van der Waals surface area contributed by atoms with Crippen LogP contribution < -0.4 is 0 Å². The average Bonchev–Trinajstić information content (AvgIpc) is 3.30. The normalized spacial score (nSPS) is 18.0. The molecule has 126 valence electrons. The number of hydrogen-bond acceptors (Lipinski definition) is 8. The van der Waals surface area contributed by atoms with Crippen LogP contribution in [0.4, 0.5) is 0 Å². The fourth-order valence-corrected chi connectivity index (χ4v) is 3.71. The summed E-state index contributed by atoms with van der Waals surface area (Å²) < 4.78 is 5.64. The number of fused-ring (bicyclic) bond motifs is 2. The quantitative estimate of drug-likeness (QED) is 0.547. The second-order valence-electron chi connectivity index (χ2n) is 5.67. The summed E-state index contributed by atoms with van der Waals surface area (Å²) in [6.07, 6.45) is 3.15. The van der Waals surface area contributed by atoms with Crippen molar-refractivity contribution in [1.29, 1.82) is 0 Å². The Balaban J connectivity index is 1.52. The van der Waals surface area contributed by atoms with Crippen LogP contribution in [0, 0.1) is 0 Å². The first-order chi connectivity index (χ1) is 12.7. The van der Waals surface area contributed by atoms with E-state index in [1.54, 1.807) is 0 Å². The van der Waals surface area contributed by atoms with Gasteiger partial charge < -0.3 is 9.52 Å². The number of carbonyl (C=O) groups excluding carboxylic acids is 1. The first kappa shape index (κ1) is 15.1. The largest absolute Gasteiger partial charge is 0.417 e. The van der Waals surface area contributed by atoms with E-state index in [4.69, 9.17) is 4.42 Å². The van der Waals surface area contributed by atoms with Gasteiger partial charge in [-0.1, -0.05) is 41.7 Å². The summed E-state index contributed by atoms with van der Waals surface area (Å²) in [7, 11) is 0. The number of Topliss-reactive ketones (excluding diaryl/α,β-unsaturated/α-hetero) is 1. The van der Waals surface area contributed by atoms with Crippen molar-refractivity contribution in [2.75, 3.05) is 0 Å². The van der Waals surface area contributed by atoms with Crippen molar-refractivity contribution in [3.8, 4) is 10.6 Å². The van der Waals surface area contributed by atoms with E-state index >= 15 is 0 Å². The predicted molar refractivity (Wildman–Crippen MR) is 94.4 cm³/mol. The van der Waals surface area contributed by atoms with E-state index < -0.39 is 6.10 Å². The highest BCUT2D eigenvalue weighted by Gasteiger charge is 2.36. The van der Waals surface area contributed by atoms with Crippen LogP contribution >= 0.6 is 11.3 Å². The molecule has 1 aliphatic carbocycles.